The van der Waals surface area contributed by atoms with Crippen molar-refractivity contribution in [3.63, 3.8) is 0 Å². The van der Waals surface area contributed by atoms with E-state index in [1.54, 1.807) is 0 Å². The molecule has 2 aromatic carbocycles. The Balaban J connectivity index is 0.000000232. The first-order valence-electron chi connectivity index (χ1n) is 6.15. The molecule has 0 atom stereocenters. The molecule has 0 heterocycles. The summed E-state index contributed by atoms with van der Waals surface area (Å²) < 4.78 is 0. The Morgan fingerprint density at radius 3 is 1.44 bits per heavy atom. The SMILES string of the molecule is OCCCCBr.c1ccc(-c2ccccc2)cc1. The highest BCUT2D eigenvalue weighted by Crippen LogP contribution is 2.17. The van der Waals surface area contributed by atoms with E-state index in [1.165, 1.54) is 11.1 Å². The fraction of sp³-hybridized carbons (Fsp3) is 0.250. The van der Waals surface area contributed by atoms with Crippen molar-refractivity contribution in [2.75, 3.05) is 11.9 Å². The van der Waals surface area contributed by atoms with E-state index in [0.717, 1.165) is 18.2 Å². The summed E-state index contributed by atoms with van der Waals surface area (Å²) in [6.45, 7) is 0.325. The van der Waals surface area contributed by atoms with Gasteiger partial charge in [-0.05, 0) is 24.0 Å². The molecule has 0 radical (unpaired) electrons. The van der Waals surface area contributed by atoms with Crippen LogP contribution in [-0.4, -0.2) is 17.0 Å². The Bertz CT molecular complexity index is 358. The van der Waals surface area contributed by atoms with Crippen molar-refractivity contribution in [1.29, 1.82) is 0 Å². The van der Waals surface area contributed by atoms with Gasteiger partial charge in [0.05, 0.1) is 0 Å². The van der Waals surface area contributed by atoms with Crippen LogP contribution in [0.15, 0.2) is 60.7 Å². The lowest BCUT2D eigenvalue weighted by atomic mass is 10.1. The van der Waals surface area contributed by atoms with Crippen LogP contribution >= 0.6 is 15.9 Å². The minimum Gasteiger partial charge on any atom is -0.396 e. The average molecular weight is 307 g/mol. The van der Waals surface area contributed by atoms with Crippen LogP contribution in [0.2, 0.25) is 0 Å². The zero-order valence-corrected chi connectivity index (χ0v) is 12.0. The third kappa shape index (κ3) is 5.99. The van der Waals surface area contributed by atoms with Gasteiger partial charge in [0.1, 0.15) is 0 Å². The van der Waals surface area contributed by atoms with Crippen LogP contribution in [0.25, 0.3) is 11.1 Å². The second-order valence-corrected chi connectivity index (χ2v) is 4.64. The van der Waals surface area contributed by atoms with Gasteiger partial charge in [-0.3, -0.25) is 0 Å². The molecular formula is C16H19BrO. The van der Waals surface area contributed by atoms with Crippen LogP contribution in [0, 0.1) is 0 Å². The number of alkyl halides is 1. The number of aliphatic hydroxyl groups excluding tert-OH is 1. The highest BCUT2D eigenvalue weighted by Gasteiger charge is 1.91. The van der Waals surface area contributed by atoms with E-state index in [4.69, 9.17) is 5.11 Å². The summed E-state index contributed by atoms with van der Waals surface area (Å²) in [4.78, 5) is 0. The van der Waals surface area contributed by atoms with Crippen LogP contribution in [0.4, 0.5) is 0 Å². The molecule has 2 aromatic rings. The summed E-state index contributed by atoms with van der Waals surface area (Å²) in [6, 6.07) is 20.8. The van der Waals surface area contributed by atoms with Crippen LogP contribution in [0.5, 0.6) is 0 Å². The van der Waals surface area contributed by atoms with E-state index in [0.29, 0.717) is 6.61 Å². The molecule has 0 aliphatic carbocycles. The first kappa shape index (κ1) is 14.9. The maximum absolute atomic E-state index is 8.18. The Hall–Kier alpha value is -1.12. The Morgan fingerprint density at radius 2 is 1.17 bits per heavy atom. The largest absolute Gasteiger partial charge is 0.396 e. The van der Waals surface area contributed by atoms with Gasteiger partial charge in [-0.2, -0.15) is 0 Å². The second-order valence-electron chi connectivity index (χ2n) is 3.85. The van der Waals surface area contributed by atoms with Crippen molar-refractivity contribution in [2.24, 2.45) is 0 Å². The van der Waals surface area contributed by atoms with Crippen LogP contribution in [0.1, 0.15) is 12.8 Å². The van der Waals surface area contributed by atoms with E-state index in [9.17, 15) is 0 Å². The molecule has 0 aromatic heterocycles. The average Bonchev–Trinajstić information content (AvgIpc) is 2.48. The lowest BCUT2D eigenvalue weighted by Crippen LogP contribution is -1.80. The number of unbranched alkanes of at least 4 members (excludes halogenated alkanes) is 1. The molecule has 0 amide bonds. The van der Waals surface area contributed by atoms with Crippen molar-refractivity contribution in [3.8, 4) is 11.1 Å². The van der Waals surface area contributed by atoms with Crippen molar-refractivity contribution in [1.82, 2.24) is 0 Å². The minimum atomic E-state index is 0.325. The molecule has 1 nitrogen and oxygen atoms in total. The molecule has 0 saturated heterocycles. The summed E-state index contributed by atoms with van der Waals surface area (Å²) in [5.41, 5.74) is 2.55. The van der Waals surface area contributed by atoms with Crippen LogP contribution < -0.4 is 0 Å². The quantitative estimate of drug-likeness (QED) is 0.651. The molecule has 0 aliphatic heterocycles. The molecule has 2 heteroatoms. The molecular weight excluding hydrogens is 288 g/mol. The lowest BCUT2D eigenvalue weighted by Gasteiger charge is -1.98. The Labute approximate surface area is 118 Å². The third-order valence-corrected chi connectivity index (χ3v) is 2.98. The number of benzene rings is 2. The van der Waals surface area contributed by atoms with E-state index in [1.807, 2.05) is 12.1 Å². The molecule has 0 spiro atoms. The number of hydrogen-bond donors (Lipinski definition) is 1. The van der Waals surface area contributed by atoms with Gasteiger partial charge in [-0.15, -0.1) is 0 Å². The minimum absolute atomic E-state index is 0.325. The van der Waals surface area contributed by atoms with Crippen molar-refractivity contribution in [2.45, 2.75) is 12.8 Å². The van der Waals surface area contributed by atoms with Crippen LogP contribution in [-0.2, 0) is 0 Å². The van der Waals surface area contributed by atoms with Gasteiger partial charge in [0.15, 0.2) is 0 Å². The maximum Gasteiger partial charge on any atom is 0.0431 e. The van der Waals surface area contributed by atoms with Gasteiger partial charge in [0, 0.05) is 11.9 Å². The fourth-order valence-electron chi connectivity index (χ4n) is 1.47. The van der Waals surface area contributed by atoms with Gasteiger partial charge in [-0.1, -0.05) is 76.6 Å². The van der Waals surface area contributed by atoms with Crippen molar-refractivity contribution in [3.05, 3.63) is 60.7 Å². The lowest BCUT2D eigenvalue weighted by molar-refractivity contribution is 0.287. The summed E-state index contributed by atoms with van der Waals surface area (Å²) in [5.74, 6) is 0. The van der Waals surface area contributed by atoms with E-state index in [2.05, 4.69) is 64.5 Å². The molecule has 0 unspecified atom stereocenters. The molecule has 1 N–H and O–H groups in total. The fourth-order valence-corrected chi connectivity index (χ4v) is 1.86. The van der Waals surface area contributed by atoms with Gasteiger partial charge in [-0.25, -0.2) is 0 Å². The van der Waals surface area contributed by atoms with Crippen molar-refractivity contribution < 1.29 is 5.11 Å². The number of aliphatic hydroxyl groups is 1. The van der Waals surface area contributed by atoms with E-state index in [-0.39, 0.29) is 0 Å². The Kier molecular flexibility index (Phi) is 8.19. The standard InChI is InChI=1S/C12H10.C4H9BrO/c1-3-7-11(8-4-1)12-9-5-2-6-10-12;5-3-1-2-4-6/h1-10H;6H,1-4H2. The molecule has 18 heavy (non-hydrogen) atoms. The summed E-state index contributed by atoms with van der Waals surface area (Å²) >= 11 is 3.24. The normalized spacial score (nSPS) is 9.44. The van der Waals surface area contributed by atoms with E-state index < -0.39 is 0 Å². The number of hydrogen-bond acceptors (Lipinski definition) is 1. The van der Waals surface area contributed by atoms with Gasteiger partial charge in [0.25, 0.3) is 0 Å². The highest BCUT2D eigenvalue weighted by molar-refractivity contribution is 9.09. The highest BCUT2D eigenvalue weighted by atomic mass is 79.9. The smallest absolute Gasteiger partial charge is 0.0431 e. The summed E-state index contributed by atoms with van der Waals surface area (Å²) in [7, 11) is 0. The number of halogens is 1. The summed E-state index contributed by atoms with van der Waals surface area (Å²) in [5, 5.41) is 9.18. The predicted octanol–water partition coefficient (Wildman–Crippen LogP) is 4.51. The van der Waals surface area contributed by atoms with Gasteiger partial charge < -0.3 is 5.11 Å². The van der Waals surface area contributed by atoms with Crippen LogP contribution in [0.3, 0.4) is 0 Å². The molecule has 2 rings (SSSR count). The topological polar surface area (TPSA) is 20.2 Å². The third-order valence-electron chi connectivity index (χ3n) is 2.42. The first-order valence-corrected chi connectivity index (χ1v) is 7.28. The van der Waals surface area contributed by atoms with Gasteiger partial charge in [0.2, 0.25) is 0 Å². The Morgan fingerprint density at radius 1 is 0.722 bits per heavy atom. The molecule has 0 bridgehead atoms. The van der Waals surface area contributed by atoms with Gasteiger partial charge >= 0.3 is 0 Å². The number of rotatable bonds is 4. The zero-order valence-electron chi connectivity index (χ0n) is 10.4. The monoisotopic (exact) mass is 306 g/mol. The zero-order chi connectivity index (χ0) is 13.1. The predicted molar refractivity (Wildman–Crippen MR) is 82.0 cm³/mol. The summed E-state index contributed by atoms with van der Waals surface area (Å²) in [6.07, 6.45) is 2.00. The first-order chi connectivity index (χ1) is 8.88. The molecule has 96 valence electrons. The maximum atomic E-state index is 8.18. The second kappa shape index (κ2) is 9.86. The molecule has 0 saturated carbocycles. The molecule has 0 aliphatic rings. The van der Waals surface area contributed by atoms with Crippen molar-refractivity contribution >= 4 is 15.9 Å². The van der Waals surface area contributed by atoms with E-state index >= 15 is 0 Å². The molecule has 0 fully saturated rings.